The van der Waals surface area contributed by atoms with Crippen LogP contribution in [0.3, 0.4) is 0 Å². The predicted molar refractivity (Wildman–Crippen MR) is 364 cm³/mol. The van der Waals surface area contributed by atoms with Crippen LogP contribution in [0.1, 0.15) is 300 Å². The van der Waals surface area contributed by atoms with Crippen molar-refractivity contribution in [3.8, 4) is 0 Å². The van der Waals surface area contributed by atoms with E-state index in [9.17, 15) is 9.59 Å². The van der Waals surface area contributed by atoms with Crippen LogP contribution in [0.4, 0.5) is 0 Å². The first-order chi connectivity index (χ1) is 31.4. The van der Waals surface area contributed by atoms with Gasteiger partial charge in [0, 0.05) is 56.0 Å². The van der Waals surface area contributed by atoms with Gasteiger partial charge in [0.05, 0.1) is 0 Å². The van der Waals surface area contributed by atoms with Crippen molar-refractivity contribution in [3.05, 3.63) is 74.3 Å². The third kappa shape index (κ3) is 91.9. The summed E-state index contributed by atoms with van der Waals surface area (Å²) in [5.41, 5.74) is 0. The fourth-order valence-corrected chi connectivity index (χ4v) is 11.2. The molecule has 0 heterocycles. The van der Waals surface area contributed by atoms with Crippen molar-refractivity contribution in [2.75, 3.05) is 19.8 Å². The van der Waals surface area contributed by atoms with Crippen molar-refractivity contribution >= 4 is 59.0 Å². The Bertz CT molecular complexity index is 839. The number of hydrogen-bond donors (Lipinski definition) is 1. The van der Waals surface area contributed by atoms with Gasteiger partial charge in [-0.2, -0.15) is 0 Å². The average Bonchev–Trinajstić information content (AvgIpc) is 4.16. The van der Waals surface area contributed by atoms with Gasteiger partial charge in [-0.1, -0.05) is 201 Å². The zero-order chi connectivity index (χ0) is 46.4. The maximum absolute atomic E-state index is 10.0. The van der Waals surface area contributed by atoms with Crippen LogP contribution in [0.15, 0.2) is 0 Å². The summed E-state index contributed by atoms with van der Waals surface area (Å²) in [6, 6.07) is 0. The van der Waals surface area contributed by atoms with Crippen LogP contribution >= 0.6 is 46.4 Å². The number of carbonyl (C=O) groups is 2. The minimum atomic E-state index is 0. The maximum Gasteiger partial charge on any atom is 2.00 e. The summed E-state index contributed by atoms with van der Waals surface area (Å²) < 4.78 is 5.40. The Labute approximate surface area is 592 Å². The Morgan fingerprint density at radius 1 is 0.321 bits per heavy atom. The van der Waals surface area contributed by atoms with Gasteiger partial charge in [-0.05, 0) is 102 Å². The Kier molecular flexibility index (Phi) is 162. The molecule has 13 heteroatoms. The van der Waals surface area contributed by atoms with Crippen LogP contribution in [0.25, 0.3) is 0 Å². The molecule has 0 radical (unpaired) electrons. The minimum Gasteiger partial charge on any atom is -0.396 e. The molecule has 510 valence electrons. The van der Waals surface area contributed by atoms with Gasteiger partial charge in [-0.25, -0.2) is 0 Å². The van der Waals surface area contributed by atoms with Gasteiger partial charge in [-0.15, -0.1) is 46.4 Å². The molecule has 0 saturated heterocycles. The van der Waals surface area contributed by atoms with Crippen molar-refractivity contribution in [2.24, 2.45) is 17.8 Å². The van der Waals surface area contributed by atoms with Crippen LogP contribution in [0.5, 0.6) is 0 Å². The van der Waals surface area contributed by atoms with Crippen LogP contribution < -0.4 is 0 Å². The fraction of sp³-hybridized carbons (Fsp3) is 0.824. The molecule has 0 bridgehead atoms. The zero-order valence-corrected chi connectivity index (χ0v) is 61.9. The van der Waals surface area contributed by atoms with E-state index in [1.165, 1.54) is 250 Å². The van der Waals surface area contributed by atoms with Crippen LogP contribution in [0, 0.1) is 92.0 Å². The number of ether oxygens (including phenoxy) is 1. The number of hydrogen-bond acceptors (Lipinski definition) is 4. The van der Waals surface area contributed by atoms with Crippen molar-refractivity contribution in [1.29, 1.82) is 0 Å². The first kappa shape index (κ1) is 129. The summed E-state index contributed by atoms with van der Waals surface area (Å²) >= 11 is 22.8. The Balaban J connectivity index is -0.0000000317. The maximum atomic E-state index is 10.0. The van der Waals surface area contributed by atoms with Gasteiger partial charge < -0.3 is 93.7 Å². The van der Waals surface area contributed by atoms with E-state index in [2.05, 4.69) is 0 Å². The Morgan fingerprint density at radius 2 is 0.494 bits per heavy atom. The SMILES string of the molecule is C.C.C1CCCC1.C1CCCC1.C1CCCC1.ClC1CCCC1.ClC1CCCC1.ClC1CCCC1.ClC1CCCC1.O=CC1CCCC1.O=CC1CCCC1.OCCCOCC1CCCC1.[2HH].[2HH].[CH3-].[CH3-].[CH3-].[CH3-].[CH3-].[CH3-].[CH3-].[CH3-].[CH3-].[CH3-].[Fe+2].[Fe+2].[Fe+2].[Fe+2].[Fe+2]. The minimum absolute atomic E-state index is 0. The van der Waals surface area contributed by atoms with E-state index < -0.39 is 0 Å². The zero-order valence-electron chi connectivity index (χ0n) is 53.4. The smallest absolute Gasteiger partial charge is 0.396 e. The van der Waals surface area contributed by atoms with Crippen LogP contribution in [-0.4, -0.2) is 59.0 Å². The second-order valence-corrected chi connectivity index (χ2v) is 23.0. The summed E-state index contributed by atoms with van der Waals surface area (Å²) in [5.74, 6) is 1.65. The number of rotatable bonds is 7. The van der Waals surface area contributed by atoms with Gasteiger partial charge in [0.1, 0.15) is 12.6 Å². The molecular formula is C68H146Cl4Fe5O4. The summed E-state index contributed by atoms with van der Waals surface area (Å²) in [5, 5.41) is 10.6. The normalized spacial score (nSPS) is 18.6. The molecule has 10 aliphatic carbocycles. The second-order valence-electron chi connectivity index (χ2n) is 20.5. The third-order valence-electron chi connectivity index (χ3n) is 14.3. The second kappa shape index (κ2) is 102. The summed E-state index contributed by atoms with van der Waals surface area (Å²) in [6.45, 7) is 1.90. The van der Waals surface area contributed by atoms with Gasteiger partial charge in [0.25, 0.3) is 0 Å². The fourth-order valence-electron chi connectivity index (χ4n) is 9.94. The quantitative estimate of drug-likeness (QED) is 0.0907. The average molecular weight is 1450 g/mol. The van der Waals surface area contributed by atoms with E-state index >= 15 is 0 Å². The van der Waals surface area contributed by atoms with Crippen molar-refractivity contribution < 1.29 is 108 Å². The van der Waals surface area contributed by atoms with Gasteiger partial charge in [0.15, 0.2) is 0 Å². The largest absolute Gasteiger partial charge is 2.00 e. The van der Waals surface area contributed by atoms with Crippen LogP contribution in [-0.2, 0) is 99.7 Å². The first-order valence-electron chi connectivity index (χ1n) is 28.0. The van der Waals surface area contributed by atoms with Gasteiger partial charge in [0.2, 0.25) is 0 Å². The van der Waals surface area contributed by atoms with Crippen molar-refractivity contribution in [2.45, 2.75) is 319 Å². The molecule has 0 aliphatic heterocycles. The molecular weight excluding hydrogens is 1300 g/mol. The molecule has 0 aromatic carbocycles. The summed E-state index contributed by atoms with van der Waals surface area (Å²) in [7, 11) is 0. The molecule has 10 aliphatic rings. The van der Waals surface area contributed by atoms with Gasteiger partial charge >= 0.3 is 85.3 Å². The van der Waals surface area contributed by atoms with E-state index in [1.807, 2.05) is 0 Å². The molecule has 0 aromatic heterocycles. The summed E-state index contributed by atoms with van der Waals surface area (Å²) in [4.78, 5) is 20.0. The van der Waals surface area contributed by atoms with E-state index in [-0.39, 0.29) is 184 Å². The third-order valence-corrected chi connectivity index (χ3v) is 16.1. The molecule has 0 amide bonds. The molecule has 0 unspecified atom stereocenters. The number of aldehydes is 2. The number of aliphatic hydroxyl groups excluding tert-OH is 1. The van der Waals surface area contributed by atoms with E-state index in [0.717, 1.165) is 63.8 Å². The molecule has 1 N–H and O–H groups in total. The van der Waals surface area contributed by atoms with Gasteiger partial charge in [-0.3, -0.25) is 0 Å². The number of aliphatic hydroxyl groups is 1. The molecule has 81 heavy (non-hydrogen) atoms. The van der Waals surface area contributed by atoms with Crippen molar-refractivity contribution in [3.63, 3.8) is 0 Å². The first-order valence-corrected chi connectivity index (χ1v) is 29.8. The Morgan fingerprint density at radius 3 is 0.630 bits per heavy atom. The van der Waals surface area contributed by atoms with Crippen molar-refractivity contribution in [1.82, 2.24) is 0 Å². The number of carbonyl (C=O) groups excluding carboxylic acids is 2. The summed E-state index contributed by atoms with van der Waals surface area (Å²) in [6.07, 6.45) is 61.4. The Hall–Kier alpha value is 3.02. The van der Waals surface area contributed by atoms with E-state index in [4.69, 9.17) is 56.2 Å². The molecule has 4 nitrogen and oxygen atoms in total. The molecule has 10 rings (SSSR count). The molecule has 10 saturated carbocycles. The standard InChI is InChI=1S/C9H18O2.2C6H10O.4C5H9Cl.3C5H10.2CH4.10CH3.5Fe.2H2/c10-6-3-7-11-8-9-4-1-2-5-9;2*7-5-6-3-1-2-4-6;4*6-5-3-1-2-4-5;3*1-2-4-5-3-1;;;;;;;;;;;;;;;;;;;/h9-10H,1-8H2;2*5-6H,1-4H2;4*5H,1-4H2;3*1-5H2;2*1H4;10*1H3;;;;;;2*1H/q;;;;;;;;;;;;10*-1;5*+2;;/i;;;;;;;;;;;;;;;;;;;;;;;;;;;2*1+1. The molecule has 0 spiro atoms. The monoisotopic (exact) mass is 1450 g/mol. The topological polar surface area (TPSA) is 63.6 Å². The molecule has 10 fully saturated rings. The number of alkyl halides is 4. The van der Waals surface area contributed by atoms with E-state index in [0.29, 0.717) is 33.3 Å². The molecule has 0 aromatic rings. The van der Waals surface area contributed by atoms with Crippen LogP contribution in [0.2, 0.25) is 0 Å². The van der Waals surface area contributed by atoms with E-state index in [1.54, 1.807) is 0 Å². The molecule has 0 atom stereocenters. The predicted octanol–water partition coefficient (Wildman–Crippen LogP) is 25.1. The number of halogens is 4.